The van der Waals surface area contributed by atoms with Crippen molar-refractivity contribution in [2.45, 2.75) is 39.2 Å². The van der Waals surface area contributed by atoms with E-state index in [1.807, 2.05) is 13.8 Å². The van der Waals surface area contributed by atoms with Crippen molar-refractivity contribution in [1.82, 2.24) is 10.3 Å². The SMILES string of the molecule is CCC(CC)(CN)NC(=O)c1ncoc1C. The van der Waals surface area contributed by atoms with E-state index in [2.05, 4.69) is 10.3 Å². The van der Waals surface area contributed by atoms with Gasteiger partial charge in [0.25, 0.3) is 5.91 Å². The summed E-state index contributed by atoms with van der Waals surface area (Å²) >= 11 is 0. The molecule has 5 heteroatoms. The first-order valence-electron chi connectivity index (χ1n) is 5.51. The molecule has 0 saturated heterocycles. The summed E-state index contributed by atoms with van der Waals surface area (Å²) in [6.07, 6.45) is 2.86. The molecule has 90 valence electrons. The molecule has 0 atom stereocenters. The fourth-order valence-corrected chi connectivity index (χ4v) is 1.59. The Morgan fingerprint density at radius 1 is 1.56 bits per heavy atom. The minimum absolute atomic E-state index is 0.222. The molecule has 1 rings (SSSR count). The number of hydrogen-bond donors (Lipinski definition) is 2. The van der Waals surface area contributed by atoms with Crippen LogP contribution >= 0.6 is 0 Å². The van der Waals surface area contributed by atoms with E-state index in [9.17, 15) is 4.79 Å². The first kappa shape index (κ1) is 12.7. The summed E-state index contributed by atoms with van der Waals surface area (Å²) in [7, 11) is 0. The number of aryl methyl sites for hydroxylation is 1. The minimum atomic E-state index is -0.345. The van der Waals surface area contributed by atoms with Crippen molar-refractivity contribution in [1.29, 1.82) is 0 Å². The molecule has 3 N–H and O–H groups in total. The molecule has 0 bridgehead atoms. The molecular weight excluding hydrogens is 206 g/mol. The molecule has 0 aromatic carbocycles. The van der Waals surface area contributed by atoms with Gasteiger partial charge < -0.3 is 15.5 Å². The number of carbonyl (C=O) groups excluding carboxylic acids is 1. The summed E-state index contributed by atoms with van der Waals surface area (Å²) in [5.74, 6) is 0.302. The smallest absolute Gasteiger partial charge is 0.273 e. The molecule has 0 fully saturated rings. The highest BCUT2D eigenvalue weighted by Crippen LogP contribution is 2.15. The van der Waals surface area contributed by atoms with E-state index >= 15 is 0 Å². The second kappa shape index (κ2) is 5.12. The van der Waals surface area contributed by atoms with Gasteiger partial charge in [-0.1, -0.05) is 13.8 Å². The second-order valence-corrected chi connectivity index (χ2v) is 3.90. The maximum Gasteiger partial charge on any atom is 0.273 e. The number of amides is 1. The van der Waals surface area contributed by atoms with Crippen molar-refractivity contribution >= 4 is 5.91 Å². The van der Waals surface area contributed by atoms with Crippen LogP contribution in [0.15, 0.2) is 10.8 Å². The maximum absolute atomic E-state index is 11.9. The normalized spacial score (nSPS) is 11.5. The van der Waals surface area contributed by atoms with Gasteiger partial charge in [-0.2, -0.15) is 0 Å². The van der Waals surface area contributed by atoms with Crippen LogP contribution in [0.2, 0.25) is 0 Å². The van der Waals surface area contributed by atoms with Crippen molar-refractivity contribution in [3.8, 4) is 0 Å². The lowest BCUT2D eigenvalue weighted by atomic mass is 9.93. The minimum Gasteiger partial charge on any atom is -0.448 e. The van der Waals surface area contributed by atoms with Gasteiger partial charge in [0.2, 0.25) is 0 Å². The largest absolute Gasteiger partial charge is 0.448 e. The van der Waals surface area contributed by atoms with E-state index in [-0.39, 0.29) is 11.4 Å². The average molecular weight is 225 g/mol. The Morgan fingerprint density at radius 3 is 2.56 bits per heavy atom. The Hall–Kier alpha value is -1.36. The monoisotopic (exact) mass is 225 g/mol. The summed E-state index contributed by atoms with van der Waals surface area (Å²) in [5.41, 5.74) is 5.70. The number of nitrogens with two attached hydrogens (primary N) is 1. The quantitative estimate of drug-likeness (QED) is 0.789. The zero-order valence-electron chi connectivity index (χ0n) is 10.0. The van der Waals surface area contributed by atoms with Gasteiger partial charge in [-0.25, -0.2) is 4.98 Å². The van der Waals surface area contributed by atoms with Gasteiger partial charge >= 0.3 is 0 Å². The third kappa shape index (κ3) is 2.41. The predicted octanol–water partition coefficient (Wildman–Crippen LogP) is 1.23. The maximum atomic E-state index is 11.9. The van der Waals surface area contributed by atoms with Gasteiger partial charge in [0.15, 0.2) is 12.1 Å². The number of oxazole rings is 1. The van der Waals surface area contributed by atoms with E-state index in [0.29, 0.717) is 18.0 Å². The third-order valence-corrected chi connectivity index (χ3v) is 3.08. The molecule has 0 saturated carbocycles. The topological polar surface area (TPSA) is 81.1 Å². The Morgan fingerprint density at radius 2 is 2.19 bits per heavy atom. The number of hydrogen-bond acceptors (Lipinski definition) is 4. The van der Waals surface area contributed by atoms with Gasteiger partial charge in [-0.3, -0.25) is 4.79 Å². The number of carbonyl (C=O) groups is 1. The molecule has 1 aromatic rings. The molecule has 0 radical (unpaired) electrons. The van der Waals surface area contributed by atoms with Crippen LogP contribution in [0.1, 0.15) is 42.9 Å². The summed E-state index contributed by atoms with van der Waals surface area (Å²) in [5, 5.41) is 2.94. The number of aromatic nitrogens is 1. The van der Waals surface area contributed by atoms with Crippen molar-refractivity contribution in [2.24, 2.45) is 5.73 Å². The zero-order valence-corrected chi connectivity index (χ0v) is 10.0. The molecule has 0 aliphatic rings. The van der Waals surface area contributed by atoms with Crippen LogP contribution in [0.3, 0.4) is 0 Å². The summed E-state index contributed by atoms with van der Waals surface area (Å²) in [4.78, 5) is 15.8. The fourth-order valence-electron chi connectivity index (χ4n) is 1.59. The molecule has 1 amide bonds. The number of rotatable bonds is 5. The lowest BCUT2D eigenvalue weighted by Crippen LogP contribution is -2.53. The second-order valence-electron chi connectivity index (χ2n) is 3.90. The first-order chi connectivity index (χ1) is 7.58. The summed E-state index contributed by atoms with van der Waals surface area (Å²) in [6.45, 7) is 6.14. The third-order valence-electron chi connectivity index (χ3n) is 3.08. The molecule has 5 nitrogen and oxygen atoms in total. The van der Waals surface area contributed by atoms with Crippen LogP contribution in [-0.2, 0) is 0 Å². The number of nitrogens with one attached hydrogen (secondary N) is 1. The Bertz CT molecular complexity index is 348. The van der Waals surface area contributed by atoms with Crippen LogP contribution in [-0.4, -0.2) is 23.0 Å². The lowest BCUT2D eigenvalue weighted by molar-refractivity contribution is 0.0889. The standard InChI is InChI=1S/C11H19N3O2/c1-4-11(5-2,6-12)14-10(15)9-8(3)16-7-13-9/h7H,4-6,12H2,1-3H3,(H,14,15). The predicted molar refractivity (Wildman–Crippen MR) is 61.1 cm³/mol. The van der Waals surface area contributed by atoms with Gasteiger partial charge in [-0.15, -0.1) is 0 Å². The first-order valence-corrected chi connectivity index (χ1v) is 5.51. The van der Waals surface area contributed by atoms with Crippen molar-refractivity contribution < 1.29 is 9.21 Å². The van der Waals surface area contributed by atoms with Crippen LogP contribution in [0.5, 0.6) is 0 Å². The lowest BCUT2D eigenvalue weighted by Gasteiger charge is -2.31. The van der Waals surface area contributed by atoms with Crippen molar-refractivity contribution in [3.05, 3.63) is 17.8 Å². The van der Waals surface area contributed by atoms with Crippen LogP contribution in [0.25, 0.3) is 0 Å². The molecule has 0 unspecified atom stereocenters. The van der Waals surface area contributed by atoms with Crippen molar-refractivity contribution in [3.63, 3.8) is 0 Å². The highest BCUT2D eigenvalue weighted by Gasteiger charge is 2.28. The highest BCUT2D eigenvalue weighted by molar-refractivity contribution is 5.93. The van der Waals surface area contributed by atoms with E-state index in [1.54, 1.807) is 6.92 Å². The molecule has 0 spiro atoms. The van der Waals surface area contributed by atoms with E-state index in [0.717, 1.165) is 12.8 Å². The van der Waals surface area contributed by atoms with Crippen LogP contribution in [0.4, 0.5) is 0 Å². The van der Waals surface area contributed by atoms with E-state index in [1.165, 1.54) is 6.39 Å². The Kier molecular flexibility index (Phi) is 4.06. The Labute approximate surface area is 95.4 Å². The van der Waals surface area contributed by atoms with E-state index < -0.39 is 0 Å². The molecule has 1 heterocycles. The summed E-state index contributed by atoms with van der Waals surface area (Å²) < 4.78 is 5.00. The van der Waals surface area contributed by atoms with E-state index in [4.69, 9.17) is 10.2 Å². The molecular formula is C11H19N3O2. The molecule has 16 heavy (non-hydrogen) atoms. The van der Waals surface area contributed by atoms with Gasteiger partial charge in [0.1, 0.15) is 5.76 Å². The van der Waals surface area contributed by atoms with Gasteiger partial charge in [-0.05, 0) is 19.8 Å². The average Bonchev–Trinajstić information content (AvgIpc) is 2.72. The highest BCUT2D eigenvalue weighted by atomic mass is 16.3. The number of nitrogens with zero attached hydrogens (tertiary/aromatic N) is 1. The van der Waals surface area contributed by atoms with Crippen LogP contribution in [0, 0.1) is 6.92 Å². The fraction of sp³-hybridized carbons (Fsp3) is 0.636. The molecule has 1 aromatic heterocycles. The Balaban J connectivity index is 2.81. The van der Waals surface area contributed by atoms with Gasteiger partial charge in [0, 0.05) is 6.54 Å². The van der Waals surface area contributed by atoms with Gasteiger partial charge in [0.05, 0.1) is 5.54 Å². The summed E-state index contributed by atoms with van der Waals surface area (Å²) in [6, 6.07) is 0. The molecule has 0 aliphatic heterocycles. The zero-order chi connectivity index (χ0) is 12.2. The van der Waals surface area contributed by atoms with Crippen LogP contribution < -0.4 is 11.1 Å². The molecule has 0 aliphatic carbocycles. The van der Waals surface area contributed by atoms with Crippen molar-refractivity contribution in [2.75, 3.05) is 6.54 Å².